The zero-order chi connectivity index (χ0) is 14.1. The first-order chi connectivity index (χ1) is 9.63. The smallest absolute Gasteiger partial charge is 0.226 e. The van der Waals surface area contributed by atoms with Gasteiger partial charge in [0.1, 0.15) is 0 Å². The number of hydrogen-bond acceptors (Lipinski definition) is 5. The van der Waals surface area contributed by atoms with Gasteiger partial charge in [-0.2, -0.15) is 4.98 Å². The second-order valence-corrected chi connectivity index (χ2v) is 4.80. The Morgan fingerprint density at radius 1 is 1.15 bits per heavy atom. The topological polar surface area (TPSA) is 74.2 Å². The van der Waals surface area contributed by atoms with Gasteiger partial charge in [-0.15, -0.1) is 0 Å². The lowest BCUT2D eigenvalue weighted by Gasteiger charge is -2.12. The maximum absolute atomic E-state index is 5.73. The number of nitrogen functional groups attached to an aromatic ring is 1. The third-order valence-corrected chi connectivity index (χ3v) is 2.88. The van der Waals surface area contributed by atoms with Crippen molar-refractivity contribution in [2.45, 2.75) is 20.0 Å². The van der Waals surface area contributed by atoms with Crippen molar-refractivity contribution in [3.8, 4) is 17.0 Å². The van der Waals surface area contributed by atoms with Crippen LogP contribution in [0.5, 0.6) is 5.88 Å². The van der Waals surface area contributed by atoms with E-state index in [0.29, 0.717) is 5.88 Å². The summed E-state index contributed by atoms with van der Waals surface area (Å²) in [6.07, 6.45) is 3.36. The monoisotopic (exact) mass is 269 g/mol. The standard InChI is InChI=1S/C15H15N3O2/c1-9(2)20-14-12-7-10(11-5-6-19-8-11)3-4-13(12)17-15(16)18-14/h3-9H,1-2H3,(H2,16,17,18). The molecule has 0 fully saturated rings. The highest BCUT2D eigenvalue weighted by Crippen LogP contribution is 2.29. The van der Waals surface area contributed by atoms with Gasteiger partial charge in [0.25, 0.3) is 0 Å². The number of anilines is 1. The molecule has 0 atom stereocenters. The summed E-state index contributed by atoms with van der Waals surface area (Å²) >= 11 is 0. The van der Waals surface area contributed by atoms with Crippen LogP contribution in [0, 0.1) is 0 Å². The van der Waals surface area contributed by atoms with Crippen molar-refractivity contribution in [3.05, 3.63) is 36.8 Å². The van der Waals surface area contributed by atoms with Crippen LogP contribution in [0.1, 0.15) is 13.8 Å². The normalized spacial score (nSPS) is 11.2. The Bertz CT molecular complexity index is 736. The molecule has 102 valence electrons. The van der Waals surface area contributed by atoms with E-state index < -0.39 is 0 Å². The van der Waals surface area contributed by atoms with Crippen molar-refractivity contribution in [2.75, 3.05) is 5.73 Å². The molecule has 0 amide bonds. The van der Waals surface area contributed by atoms with E-state index in [1.54, 1.807) is 12.5 Å². The van der Waals surface area contributed by atoms with Crippen LogP contribution >= 0.6 is 0 Å². The maximum atomic E-state index is 5.73. The van der Waals surface area contributed by atoms with Gasteiger partial charge in [-0.3, -0.25) is 0 Å². The predicted molar refractivity (Wildman–Crippen MR) is 77.4 cm³/mol. The Kier molecular flexibility index (Phi) is 3.02. The minimum Gasteiger partial charge on any atom is -0.474 e. The van der Waals surface area contributed by atoms with E-state index >= 15 is 0 Å². The fourth-order valence-corrected chi connectivity index (χ4v) is 2.04. The SMILES string of the molecule is CC(C)Oc1nc(N)nc2ccc(-c3ccoc3)cc12. The average Bonchev–Trinajstić information content (AvgIpc) is 2.91. The Labute approximate surface area is 116 Å². The molecular formula is C15H15N3O2. The van der Waals surface area contributed by atoms with Gasteiger partial charge in [0.05, 0.1) is 29.5 Å². The summed E-state index contributed by atoms with van der Waals surface area (Å²) in [5, 5.41) is 0.839. The van der Waals surface area contributed by atoms with E-state index in [-0.39, 0.29) is 12.1 Å². The predicted octanol–water partition coefficient (Wildman–Crippen LogP) is 3.26. The number of aromatic nitrogens is 2. The largest absolute Gasteiger partial charge is 0.474 e. The van der Waals surface area contributed by atoms with E-state index in [9.17, 15) is 0 Å². The molecule has 0 unspecified atom stereocenters. The molecule has 0 saturated carbocycles. The lowest BCUT2D eigenvalue weighted by Crippen LogP contribution is -2.09. The van der Waals surface area contributed by atoms with E-state index in [2.05, 4.69) is 9.97 Å². The third kappa shape index (κ3) is 2.30. The highest BCUT2D eigenvalue weighted by atomic mass is 16.5. The van der Waals surface area contributed by atoms with Crippen LogP contribution in [-0.4, -0.2) is 16.1 Å². The Balaban J connectivity index is 2.18. The minimum atomic E-state index is 0.0186. The van der Waals surface area contributed by atoms with Crippen LogP contribution in [0.3, 0.4) is 0 Å². The first kappa shape index (κ1) is 12.5. The summed E-state index contributed by atoms with van der Waals surface area (Å²) in [7, 11) is 0. The summed E-state index contributed by atoms with van der Waals surface area (Å²) in [5.41, 5.74) is 8.50. The summed E-state index contributed by atoms with van der Waals surface area (Å²) in [6, 6.07) is 7.77. The van der Waals surface area contributed by atoms with Crippen LogP contribution < -0.4 is 10.5 Å². The first-order valence-corrected chi connectivity index (χ1v) is 6.40. The highest BCUT2D eigenvalue weighted by Gasteiger charge is 2.11. The van der Waals surface area contributed by atoms with Gasteiger partial charge in [0, 0.05) is 5.56 Å². The number of rotatable bonds is 3. The molecule has 0 aliphatic heterocycles. The van der Waals surface area contributed by atoms with Gasteiger partial charge >= 0.3 is 0 Å². The molecule has 2 N–H and O–H groups in total. The lowest BCUT2D eigenvalue weighted by molar-refractivity contribution is 0.236. The molecule has 0 aliphatic rings. The molecule has 20 heavy (non-hydrogen) atoms. The van der Waals surface area contributed by atoms with Crippen molar-refractivity contribution < 1.29 is 9.15 Å². The number of ether oxygens (including phenoxy) is 1. The fourth-order valence-electron chi connectivity index (χ4n) is 2.04. The molecule has 0 aliphatic carbocycles. The van der Waals surface area contributed by atoms with Crippen LogP contribution in [-0.2, 0) is 0 Å². The third-order valence-electron chi connectivity index (χ3n) is 2.88. The van der Waals surface area contributed by atoms with Gasteiger partial charge in [0.2, 0.25) is 11.8 Å². The molecule has 0 spiro atoms. The zero-order valence-electron chi connectivity index (χ0n) is 11.3. The summed E-state index contributed by atoms with van der Waals surface area (Å²) in [5.74, 6) is 0.719. The van der Waals surface area contributed by atoms with Crippen molar-refractivity contribution in [3.63, 3.8) is 0 Å². The maximum Gasteiger partial charge on any atom is 0.226 e. The van der Waals surface area contributed by atoms with Crippen molar-refractivity contribution >= 4 is 16.9 Å². The minimum absolute atomic E-state index is 0.0186. The molecule has 0 saturated heterocycles. The zero-order valence-corrected chi connectivity index (χ0v) is 11.3. The molecule has 5 nitrogen and oxygen atoms in total. The number of fused-ring (bicyclic) bond motifs is 1. The molecular weight excluding hydrogens is 254 g/mol. The van der Waals surface area contributed by atoms with Crippen molar-refractivity contribution in [2.24, 2.45) is 0 Å². The van der Waals surface area contributed by atoms with Gasteiger partial charge in [-0.1, -0.05) is 6.07 Å². The Hall–Kier alpha value is -2.56. The summed E-state index contributed by atoms with van der Waals surface area (Å²) in [4.78, 5) is 8.41. The molecule has 1 aromatic carbocycles. The molecule has 3 aromatic rings. The van der Waals surface area contributed by atoms with Crippen LogP contribution in [0.15, 0.2) is 41.2 Å². The fraction of sp³-hybridized carbons (Fsp3) is 0.200. The van der Waals surface area contributed by atoms with E-state index in [1.165, 1.54) is 0 Å². The van der Waals surface area contributed by atoms with Gasteiger partial charge < -0.3 is 14.9 Å². The quantitative estimate of drug-likeness (QED) is 0.790. The molecule has 5 heteroatoms. The summed E-state index contributed by atoms with van der Waals surface area (Å²) < 4.78 is 10.8. The van der Waals surface area contributed by atoms with E-state index in [0.717, 1.165) is 22.0 Å². The van der Waals surface area contributed by atoms with Gasteiger partial charge in [-0.25, -0.2) is 4.98 Å². The van der Waals surface area contributed by atoms with Gasteiger partial charge in [0.15, 0.2) is 0 Å². The first-order valence-electron chi connectivity index (χ1n) is 6.40. The van der Waals surface area contributed by atoms with Crippen molar-refractivity contribution in [1.82, 2.24) is 9.97 Å². The molecule has 0 bridgehead atoms. The second kappa shape index (κ2) is 4.85. The molecule has 2 heterocycles. The number of benzene rings is 1. The molecule has 0 radical (unpaired) electrons. The number of hydrogen-bond donors (Lipinski definition) is 1. The second-order valence-electron chi connectivity index (χ2n) is 4.80. The highest BCUT2D eigenvalue weighted by molar-refractivity contribution is 5.88. The van der Waals surface area contributed by atoms with E-state index in [4.69, 9.17) is 14.9 Å². The Morgan fingerprint density at radius 3 is 2.70 bits per heavy atom. The molecule has 3 rings (SSSR count). The number of nitrogens with zero attached hydrogens (tertiary/aromatic N) is 2. The lowest BCUT2D eigenvalue weighted by atomic mass is 10.1. The summed E-state index contributed by atoms with van der Waals surface area (Å²) in [6.45, 7) is 3.90. The average molecular weight is 269 g/mol. The van der Waals surface area contributed by atoms with Crippen LogP contribution in [0.25, 0.3) is 22.0 Å². The number of nitrogens with two attached hydrogens (primary N) is 1. The number of furan rings is 1. The molecule has 2 aromatic heterocycles. The van der Waals surface area contributed by atoms with Gasteiger partial charge in [-0.05, 0) is 37.6 Å². The van der Waals surface area contributed by atoms with Crippen LogP contribution in [0.4, 0.5) is 5.95 Å². The van der Waals surface area contributed by atoms with Crippen LogP contribution in [0.2, 0.25) is 0 Å². The van der Waals surface area contributed by atoms with E-state index in [1.807, 2.05) is 38.1 Å². The Morgan fingerprint density at radius 2 is 2.00 bits per heavy atom. The van der Waals surface area contributed by atoms with Crippen molar-refractivity contribution in [1.29, 1.82) is 0 Å².